The Morgan fingerprint density at radius 2 is 1.88 bits per heavy atom. The van der Waals surface area contributed by atoms with E-state index in [4.69, 9.17) is 11.6 Å². The molecule has 0 saturated heterocycles. The second-order valence-corrected chi connectivity index (χ2v) is 4.04. The molecule has 0 spiro atoms. The number of rotatable bonds is 7. The molecule has 0 aromatic heterocycles. The molecule has 0 aliphatic rings. The van der Waals surface area contributed by atoms with Gasteiger partial charge in [0.2, 0.25) is 0 Å². The van der Waals surface area contributed by atoms with Gasteiger partial charge in [-0.3, -0.25) is 0 Å². The molecule has 2 nitrogen and oxygen atoms in total. The van der Waals surface area contributed by atoms with Gasteiger partial charge in [-0.05, 0) is 17.7 Å². The lowest BCUT2D eigenvalue weighted by Gasteiger charge is -2.22. The smallest absolute Gasteiger partial charge is 0.124 e. The van der Waals surface area contributed by atoms with E-state index in [0.29, 0.717) is 11.4 Å². The van der Waals surface area contributed by atoms with Gasteiger partial charge in [0.1, 0.15) is 6.29 Å². The van der Waals surface area contributed by atoms with Gasteiger partial charge in [-0.1, -0.05) is 29.8 Å². The molecule has 1 aromatic carbocycles. The fourth-order valence-electron chi connectivity index (χ4n) is 1.59. The standard InChI is InChI=1S/C14H16ClNO/c1-3-8-16(9-4-2)13-6-5-12(7-10-17)14(15)11-13/h3-6,10-11H,1-2,7-9H2. The summed E-state index contributed by atoms with van der Waals surface area (Å²) in [4.78, 5) is 12.5. The van der Waals surface area contributed by atoms with E-state index in [-0.39, 0.29) is 0 Å². The fourth-order valence-corrected chi connectivity index (χ4v) is 1.84. The van der Waals surface area contributed by atoms with Crippen molar-refractivity contribution in [3.63, 3.8) is 0 Å². The molecular formula is C14H16ClNO. The lowest BCUT2D eigenvalue weighted by molar-refractivity contribution is -0.107. The summed E-state index contributed by atoms with van der Waals surface area (Å²) < 4.78 is 0. The SMILES string of the molecule is C=CCN(CC=C)c1ccc(CC=O)c(Cl)c1. The van der Waals surface area contributed by atoms with Crippen LogP contribution in [0.1, 0.15) is 5.56 Å². The van der Waals surface area contributed by atoms with E-state index in [2.05, 4.69) is 18.1 Å². The summed E-state index contributed by atoms with van der Waals surface area (Å²) in [6.45, 7) is 8.91. The van der Waals surface area contributed by atoms with Crippen LogP contribution < -0.4 is 4.90 Å². The maximum absolute atomic E-state index is 10.5. The minimum Gasteiger partial charge on any atom is -0.364 e. The molecule has 0 saturated carbocycles. The van der Waals surface area contributed by atoms with Crippen LogP contribution in [0.4, 0.5) is 5.69 Å². The molecular weight excluding hydrogens is 234 g/mol. The molecule has 0 unspecified atom stereocenters. The molecule has 0 atom stereocenters. The highest BCUT2D eigenvalue weighted by Gasteiger charge is 2.06. The van der Waals surface area contributed by atoms with E-state index < -0.39 is 0 Å². The first-order chi connectivity index (χ1) is 8.22. The first kappa shape index (κ1) is 13.5. The van der Waals surface area contributed by atoms with E-state index in [1.807, 2.05) is 30.4 Å². The Morgan fingerprint density at radius 3 is 2.35 bits per heavy atom. The van der Waals surface area contributed by atoms with Crippen molar-refractivity contribution in [3.8, 4) is 0 Å². The third-order valence-corrected chi connectivity index (χ3v) is 2.76. The molecule has 0 bridgehead atoms. The normalized spacial score (nSPS) is 9.71. The van der Waals surface area contributed by atoms with E-state index in [1.165, 1.54) is 0 Å². The van der Waals surface area contributed by atoms with Crippen molar-refractivity contribution in [3.05, 3.63) is 54.1 Å². The minimum atomic E-state index is 0.349. The molecule has 1 rings (SSSR count). The number of carbonyl (C=O) groups is 1. The Morgan fingerprint density at radius 1 is 1.24 bits per heavy atom. The first-order valence-electron chi connectivity index (χ1n) is 5.41. The van der Waals surface area contributed by atoms with Crippen molar-refractivity contribution < 1.29 is 4.79 Å². The van der Waals surface area contributed by atoms with E-state index in [0.717, 1.165) is 30.6 Å². The molecule has 17 heavy (non-hydrogen) atoms. The summed E-state index contributed by atoms with van der Waals surface area (Å²) in [5, 5.41) is 0.618. The van der Waals surface area contributed by atoms with Gasteiger partial charge in [-0.2, -0.15) is 0 Å². The number of anilines is 1. The van der Waals surface area contributed by atoms with E-state index >= 15 is 0 Å². The third-order valence-electron chi connectivity index (χ3n) is 2.40. The summed E-state index contributed by atoms with van der Waals surface area (Å²) >= 11 is 6.12. The Hall–Kier alpha value is -1.54. The van der Waals surface area contributed by atoms with Crippen molar-refractivity contribution in [1.29, 1.82) is 0 Å². The van der Waals surface area contributed by atoms with Crippen LogP contribution in [0.15, 0.2) is 43.5 Å². The highest BCUT2D eigenvalue weighted by molar-refractivity contribution is 6.31. The number of hydrogen-bond donors (Lipinski definition) is 0. The summed E-state index contributed by atoms with van der Waals surface area (Å²) in [5.74, 6) is 0. The van der Waals surface area contributed by atoms with Crippen molar-refractivity contribution in [2.45, 2.75) is 6.42 Å². The Balaban J connectivity index is 2.96. The monoisotopic (exact) mass is 249 g/mol. The van der Waals surface area contributed by atoms with Crippen molar-refractivity contribution in [2.24, 2.45) is 0 Å². The van der Waals surface area contributed by atoms with Gasteiger partial charge in [0.25, 0.3) is 0 Å². The lowest BCUT2D eigenvalue weighted by Crippen LogP contribution is -2.23. The molecule has 0 heterocycles. The van der Waals surface area contributed by atoms with Crippen LogP contribution >= 0.6 is 11.6 Å². The van der Waals surface area contributed by atoms with E-state index in [1.54, 1.807) is 0 Å². The Labute approximate surface area is 107 Å². The summed E-state index contributed by atoms with van der Waals surface area (Å²) in [6.07, 6.45) is 4.86. The second kappa shape index (κ2) is 6.92. The number of carbonyl (C=O) groups excluding carboxylic acids is 1. The van der Waals surface area contributed by atoms with Gasteiger partial charge in [0.15, 0.2) is 0 Å². The molecule has 0 aliphatic heterocycles. The zero-order chi connectivity index (χ0) is 12.7. The van der Waals surface area contributed by atoms with Crippen molar-refractivity contribution in [1.82, 2.24) is 0 Å². The van der Waals surface area contributed by atoms with Crippen LogP contribution in [-0.4, -0.2) is 19.4 Å². The van der Waals surface area contributed by atoms with Crippen LogP contribution in [0, 0.1) is 0 Å². The number of nitrogens with zero attached hydrogens (tertiary/aromatic N) is 1. The average molecular weight is 250 g/mol. The number of aldehydes is 1. The highest BCUT2D eigenvalue weighted by atomic mass is 35.5. The number of benzene rings is 1. The van der Waals surface area contributed by atoms with Gasteiger partial charge < -0.3 is 9.69 Å². The third kappa shape index (κ3) is 3.75. The van der Waals surface area contributed by atoms with Gasteiger partial charge in [0.05, 0.1) is 0 Å². The van der Waals surface area contributed by atoms with Crippen molar-refractivity contribution >= 4 is 23.6 Å². The summed E-state index contributed by atoms with van der Waals surface area (Å²) in [7, 11) is 0. The predicted octanol–water partition coefficient (Wildman–Crippen LogP) is 3.26. The summed E-state index contributed by atoms with van der Waals surface area (Å²) in [5.41, 5.74) is 1.85. The molecule has 0 amide bonds. The van der Waals surface area contributed by atoms with Crippen LogP contribution in [0.2, 0.25) is 5.02 Å². The molecule has 90 valence electrons. The van der Waals surface area contributed by atoms with Crippen LogP contribution in [0.5, 0.6) is 0 Å². The Kier molecular flexibility index (Phi) is 5.50. The molecule has 1 aromatic rings. The number of halogens is 1. The number of hydrogen-bond acceptors (Lipinski definition) is 2. The minimum absolute atomic E-state index is 0.349. The first-order valence-corrected chi connectivity index (χ1v) is 5.79. The predicted molar refractivity (Wildman–Crippen MR) is 73.8 cm³/mol. The molecule has 0 fully saturated rings. The maximum Gasteiger partial charge on any atom is 0.124 e. The summed E-state index contributed by atoms with van der Waals surface area (Å²) in [6, 6.07) is 5.70. The molecule has 3 heteroatoms. The second-order valence-electron chi connectivity index (χ2n) is 3.63. The fraction of sp³-hybridized carbons (Fsp3) is 0.214. The van der Waals surface area contributed by atoms with Crippen LogP contribution in [0.25, 0.3) is 0 Å². The van der Waals surface area contributed by atoms with Crippen molar-refractivity contribution in [2.75, 3.05) is 18.0 Å². The zero-order valence-electron chi connectivity index (χ0n) is 9.73. The van der Waals surface area contributed by atoms with Gasteiger partial charge >= 0.3 is 0 Å². The maximum atomic E-state index is 10.5. The van der Waals surface area contributed by atoms with E-state index in [9.17, 15) is 4.79 Å². The lowest BCUT2D eigenvalue weighted by atomic mass is 10.1. The van der Waals surface area contributed by atoms with Crippen LogP contribution in [0.3, 0.4) is 0 Å². The topological polar surface area (TPSA) is 20.3 Å². The largest absolute Gasteiger partial charge is 0.364 e. The van der Waals surface area contributed by atoms with Gasteiger partial charge in [0, 0.05) is 30.2 Å². The average Bonchev–Trinajstić information content (AvgIpc) is 2.32. The molecule has 0 aliphatic carbocycles. The van der Waals surface area contributed by atoms with Gasteiger partial charge in [-0.25, -0.2) is 0 Å². The zero-order valence-corrected chi connectivity index (χ0v) is 10.5. The van der Waals surface area contributed by atoms with Crippen LogP contribution in [-0.2, 0) is 11.2 Å². The Bertz CT molecular complexity index is 405. The van der Waals surface area contributed by atoms with Gasteiger partial charge in [-0.15, -0.1) is 13.2 Å². The molecule has 0 N–H and O–H groups in total. The molecule has 0 radical (unpaired) electrons. The highest BCUT2D eigenvalue weighted by Crippen LogP contribution is 2.23. The quantitative estimate of drug-likeness (QED) is 0.546.